The number of nitrogens with two attached hydrogens (primary N) is 2. The Morgan fingerprint density at radius 2 is 2.00 bits per heavy atom. The number of nitrogens with zero attached hydrogens (tertiary/aromatic N) is 4. The van der Waals surface area contributed by atoms with E-state index >= 15 is 0 Å². The van der Waals surface area contributed by atoms with Gasteiger partial charge in [0.2, 0.25) is 5.96 Å². The highest BCUT2D eigenvalue weighted by Crippen LogP contribution is 2.07. The fourth-order valence-electron chi connectivity index (χ4n) is 1.43. The smallest absolute Gasteiger partial charge is 0.223 e. The molecule has 4 N–H and O–H groups in total. The van der Waals surface area contributed by atoms with Crippen molar-refractivity contribution in [2.24, 2.45) is 21.5 Å². The molecule has 1 aliphatic rings. The first-order valence-corrected chi connectivity index (χ1v) is 5.24. The molecule has 18 heavy (non-hydrogen) atoms. The zero-order valence-electron chi connectivity index (χ0n) is 9.73. The summed E-state index contributed by atoms with van der Waals surface area (Å²) in [5.74, 6) is 0.502. The van der Waals surface area contributed by atoms with Gasteiger partial charge in [0.15, 0.2) is 5.96 Å². The summed E-state index contributed by atoms with van der Waals surface area (Å²) in [6.07, 6.45) is 7.33. The molecule has 0 unspecified atom stereocenters. The zero-order valence-corrected chi connectivity index (χ0v) is 10.5. The topological polar surface area (TPSA) is 92.9 Å². The van der Waals surface area contributed by atoms with E-state index in [9.17, 15) is 0 Å². The molecule has 0 spiro atoms. The largest absolute Gasteiger partial charge is 0.369 e. The van der Waals surface area contributed by atoms with Gasteiger partial charge in [0, 0.05) is 19.3 Å². The predicted octanol–water partition coefficient (Wildman–Crippen LogP) is 0.636. The van der Waals surface area contributed by atoms with Gasteiger partial charge in [-0.25, -0.2) is 4.99 Å². The van der Waals surface area contributed by atoms with Gasteiger partial charge in [-0.3, -0.25) is 4.98 Å². The fraction of sp³-hybridized carbons (Fsp3) is 0.182. The van der Waals surface area contributed by atoms with E-state index in [4.69, 9.17) is 11.5 Å². The molecule has 1 aliphatic heterocycles. The van der Waals surface area contributed by atoms with Crippen LogP contribution in [0.5, 0.6) is 0 Å². The van der Waals surface area contributed by atoms with Crippen molar-refractivity contribution in [1.82, 2.24) is 9.88 Å². The molecular weight excluding hydrogens is 252 g/mol. The Bertz CT molecular complexity index is 460. The standard InChI is InChI=1S/C11H14N6.ClH/c12-10(15-9-4-3-5-14-8-9)16-11(13)17-6-1-2-7-17;/h1-5,8H,6-7H2,(H4,12,13,15,16);1H. The molecule has 2 heterocycles. The van der Waals surface area contributed by atoms with Gasteiger partial charge in [-0.15, -0.1) is 12.4 Å². The van der Waals surface area contributed by atoms with Crippen molar-refractivity contribution in [1.29, 1.82) is 0 Å². The molecule has 7 heteroatoms. The minimum atomic E-state index is 0. The van der Waals surface area contributed by atoms with Crippen LogP contribution in [-0.4, -0.2) is 34.9 Å². The second-order valence-electron chi connectivity index (χ2n) is 3.53. The van der Waals surface area contributed by atoms with Gasteiger partial charge in [-0.05, 0) is 12.1 Å². The van der Waals surface area contributed by atoms with Crippen molar-refractivity contribution in [3.63, 3.8) is 0 Å². The van der Waals surface area contributed by atoms with Crippen LogP contribution in [0.1, 0.15) is 0 Å². The zero-order chi connectivity index (χ0) is 12.1. The van der Waals surface area contributed by atoms with Gasteiger partial charge < -0.3 is 16.4 Å². The Hall–Kier alpha value is -2.08. The van der Waals surface area contributed by atoms with Crippen LogP contribution in [0.2, 0.25) is 0 Å². The SMILES string of the molecule is Cl.NC(=Nc1cccnc1)N=C(N)N1CC=CC1. The fourth-order valence-corrected chi connectivity index (χ4v) is 1.43. The predicted molar refractivity (Wildman–Crippen MR) is 75.1 cm³/mol. The molecule has 1 aromatic heterocycles. The molecule has 0 atom stereocenters. The Morgan fingerprint density at radius 1 is 1.28 bits per heavy atom. The molecule has 0 radical (unpaired) electrons. The second-order valence-corrected chi connectivity index (χ2v) is 3.53. The molecule has 1 aromatic rings. The molecule has 0 bridgehead atoms. The summed E-state index contributed by atoms with van der Waals surface area (Å²) < 4.78 is 0. The van der Waals surface area contributed by atoms with Gasteiger partial charge in [0.25, 0.3) is 0 Å². The Morgan fingerprint density at radius 3 is 2.61 bits per heavy atom. The number of aromatic nitrogens is 1. The minimum absolute atomic E-state index is 0. The van der Waals surface area contributed by atoms with E-state index in [1.54, 1.807) is 24.5 Å². The Balaban J connectivity index is 0.00000162. The summed E-state index contributed by atoms with van der Waals surface area (Å²) in [6.45, 7) is 1.52. The maximum atomic E-state index is 5.79. The summed E-state index contributed by atoms with van der Waals surface area (Å²) in [5.41, 5.74) is 12.1. The molecule has 96 valence electrons. The van der Waals surface area contributed by atoms with E-state index in [1.165, 1.54) is 0 Å². The van der Waals surface area contributed by atoms with Crippen LogP contribution in [0, 0.1) is 0 Å². The normalized spacial score (nSPS) is 15.7. The highest BCUT2D eigenvalue weighted by Gasteiger charge is 2.08. The monoisotopic (exact) mass is 266 g/mol. The first-order chi connectivity index (χ1) is 8.25. The molecule has 0 aromatic carbocycles. The number of guanidine groups is 2. The van der Waals surface area contributed by atoms with Crippen LogP contribution in [0.4, 0.5) is 5.69 Å². The quantitative estimate of drug-likeness (QED) is 0.443. The lowest BCUT2D eigenvalue weighted by Gasteiger charge is -2.15. The number of pyridine rings is 1. The second kappa shape index (κ2) is 6.61. The summed E-state index contributed by atoms with van der Waals surface area (Å²) in [4.78, 5) is 13.9. The highest BCUT2D eigenvalue weighted by atomic mass is 35.5. The van der Waals surface area contributed by atoms with Crippen molar-refractivity contribution in [2.45, 2.75) is 0 Å². The van der Waals surface area contributed by atoms with Gasteiger partial charge in [-0.1, -0.05) is 12.2 Å². The minimum Gasteiger partial charge on any atom is -0.369 e. The molecule has 2 rings (SSSR count). The van der Waals surface area contributed by atoms with Crippen LogP contribution in [-0.2, 0) is 0 Å². The molecule has 0 aliphatic carbocycles. The van der Waals surface area contributed by atoms with Crippen LogP contribution in [0.25, 0.3) is 0 Å². The van der Waals surface area contributed by atoms with Crippen molar-refractivity contribution >= 4 is 30.0 Å². The van der Waals surface area contributed by atoms with E-state index in [0.717, 1.165) is 13.1 Å². The first kappa shape index (κ1) is 14.0. The number of hydrogen-bond donors (Lipinski definition) is 2. The summed E-state index contributed by atoms with van der Waals surface area (Å²) >= 11 is 0. The summed E-state index contributed by atoms with van der Waals surface area (Å²) in [6, 6.07) is 3.58. The summed E-state index contributed by atoms with van der Waals surface area (Å²) in [5, 5.41) is 0. The number of rotatable bonds is 1. The van der Waals surface area contributed by atoms with Crippen LogP contribution in [0.3, 0.4) is 0 Å². The maximum absolute atomic E-state index is 5.79. The van der Waals surface area contributed by atoms with Crippen molar-refractivity contribution < 1.29 is 0 Å². The average Bonchev–Trinajstić information content (AvgIpc) is 2.83. The van der Waals surface area contributed by atoms with E-state index in [1.807, 2.05) is 17.1 Å². The van der Waals surface area contributed by atoms with Gasteiger partial charge in [0.05, 0.1) is 11.9 Å². The van der Waals surface area contributed by atoms with Gasteiger partial charge in [0.1, 0.15) is 0 Å². The van der Waals surface area contributed by atoms with Crippen molar-refractivity contribution in [2.75, 3.05) is 13.1 Å². The molecule has 0 saturated heterocycles. The highest BCUT2D eigenvalue weighted by molar-refractivity contribution is 5.94. The van der Waals surface area contributed by atoms with E-state index in [-0.39, 0.29) is 18.4 Å². The first-order valence-electron chi connectivity index (χ1n) is 5.24. The molecule has 0 amide bonds. The molecule has 0 saturated carbocycles. The Kier molecular flexibility index (Phi) is 5.13. The lowest BCUT2D eigenvalue weighted by Crippen LogP contribution is -2.36. The lowest BCUT2D eigenvalue weighted by molar-refractivity contribution is 0.534. The molecule has 6 nitrogen and oxygen atoms in total. The van der Waals surface area contributed by atoms with Crippen LogP contribution in [0.15, 0.2) is 46.7 Å². The van der Waals surface area contributed by atoms with Crippen molar-refractivity contribution in [3.05, 3.63) is 36.7 Å². The maximum Gasteiger partial charge on any atom is 0.223 e. The third-order valence-corrected chi connectivity index (χ3v) is 2.26. The number of hydrogen-bond acceptors (Lipinski definition) is 2. The average molecular weight is 267 g/mol. The lowest BCUT2D eigenvalue weighted by atomic mass is 10.4. The number of halogens is 1. The van der Waals surface area contributed by atoms with E-state index in [0.29, 0.717) is 11.6 Å². The van der Waals surface area contributed by atoms with Gasteiger partial charge in [-0.2, -0.15) is 4.99 Å². The molecule has 0 fully saturated rings. The van der Waals surface area contributed by atoms with E-state index < -0.39 is 0 Å². The van der Waals surface area contributed by atoms with Crippen molar-refractivity contribution in [3.8, 4) is 0 Å². The van der Waals surface area contributed by atoms with Crippen LogP contribution >= 0.6 is 12.4 Å². The Labute approximate surface area is 112 Å². The molecular formula is C11H15ClN6. The van der Waals surface area contributed by atoms with Crippen LogP contribution < -0.4 is 11.5 Å². The summed E-state index contributed by atoms with van der Waals surface area (Å²) in [7, 11) is 0. The van der Waals surface area contributed by atoms with Gasteiger partial charge >= 0.3 is 0 Å². The third-order valence-electron chi connectivity index (χ3n) is 2.26. The number of aliphatic imine (C=N–C) groups is 2. The van der Waals surface area contributed by atoms with E-state index in [2.05, 4.69) is 15.0 Å². The third kappa shape index (κ3) is 3.74.